The number of benzene rings is 1. The van der Waals surface area contributed by atoms with Crippen LogP contribution in [0.3, 0.4) is 0 Å². The van der Waals surface area contributed by atoms with Crippen LogP contribution < -0.4 is 15.8 Å². The van der Waals surface area contributed by atoms with E-state index in [1.807, 2.05) is 0 Å². The first-order valence-corrected chi connectivity index (χ1v) is 6.87. The van der Waals surface area contributed by atoms with Crippen LogP contribution in [-0.2, 0) is 9.53 Å². The van der Waals surface area contributed by atoms with E-state index >= 15 is 0 Å². The molecule has 0 aliphatic rings. The fourth-order valence-electron chi connectivity index (χ4n) is 1.84. The number of hydrogen-bond donors (Lipinski definition) is 2. The molecule has 3 N–H and O–H groups in total. The molecule has 1 rings (SSSR count). The number of carbonyl (C=O) groups excluding carboxylic acids is 2. The Bertz CT molecular complexity index is 489. The molecule has 0 bridgehead atoms. The van der Waals surface area contributed by atoms with Crippen LogP contribution in [-0.4, -0.2) is 32.6 Å². The van der Waals surface area contributed by atoms with Crippen molar-refractivity contribution in [3.63, 3.8) is 0 Å². The van der Waals surface area contributed by atoms with E-state index < -0.39 is 0 Å². The van der Waals surface area contributed by atoms with E-state index in [2.05, 4.69) is 10.1 Å². The predicted molar refractivity (Wildman–Crippen MR) is 80.2 cm³/mol. The smallest absolute Gasteiger partial charge is 0.305 e. The lowest BCUT2D eigenvalue weighted by Gasteiger charge is -2.09. The van der Waals surface area contributed by atoms with Crippen molar-refractivity contribution in [2.24, 2.45) is 0 Å². The Kier molecular flexibility index (Phi) is 7.08. The summed E-state index contributed by atoms with van der Waals surface area (Å²) >= 11 is 0. The van der Waals surface area contributed by atoms with E-state index in [0.717, 1.165) is 19.3 Å². The summed E-state index contributed by atoms with van der Waals surface area (Å²) in [5, 5.41) is 2.80. The van der Waals surface area contributed by atoms with Crippen LogP contribution in [0.25, 0.3) is 0 Å². The molecule has 0 atom stereocenters. The maximum absolute atomic E-state index is 11.9. The molecule has 116 valence electrons. The van der Waals surface area contributed by atoms with Crippen molar-refractivity contribution in [3.05, 3.63) is 23.8 Å². The van der Waals surface area contributed by atoms with E-state index in [1.165, 1.54) is 7.11 Å². The van der Waals surface area contributed by atoms with Gasteiger partial charge in [0.25, 0.3) is 5.91 Å². The maximum atomic E-state index is 11.9. The van der Waals surface area contributed by atoms with Crippen LogP contribution in [0, 0.1) is 0 Å². The van der Waals surface area contributed by atoms with Crippen LogP contribution in [0.5, 0.6) is 5.75 Å². The second-order valence-electron chi connectivity index (χ2n) is 4.60. The van der Waals surface area contributed by atoms with Gasteiger partial charge in [0.15, 0.2) is 0 Å². The van der Waals surface area contributed by atoms with Gasteiger partial charge in [-0.2, -0.15) is 0 Å². The summed E-state index contributed by atoms with van der Waals surface area (Å²) in [7, 11) is 2.92. The van der Waals surface area contributed by atoms with Crippen molar-refractivity contribution in [2.45, 2.75) is 25.7 Å². The monoisotopic (exact) mass is 294 g/mol. The fourth-order valence-corrected chi connectivity index (χ4v) is 1.84. The van der Waals surface area contributed by atoms with Gasteiger partial charge in [-0.05, 0) is 25.0 Å². The number of hydrogen-bond acceptors (Lipinski definition) is 5. The molecule has 1 aromatic carbocycles. The normalized spacial score (nSPS) is 10.0. The predicted octanol–water partition coefficient (Wildman–Crippen LogP) is 1.74. The van der Waals surface area contributed by atoms with Crippen molar-refractivity contribution in [1.29, 1.82) is 0 Å². The quantitative estimate of drug-likeness (QED) is 0.433. The molecule has 6 heteroatoms. The lowest BCUT2D eigenvalue weighted by molar-refractivity contribution is -0.140. The lowest BCUT2D eigenvalue weighted by Crippen LogP contribution is -2.25. The summed E-state index contributed by atoms with van der Waals surface area (Å²) in [6.45, 7) is 0.547. The maximum Gasteiger partial charge on any atom is 0.305 e. The Balaban J connectivity index is 2.29. The van der Waals surface area contributed by atoms with Crippen LogP contribution in [0.2, 0.25) is 0 Å². The van der Waals surface area contributed by atoms with Crippen molar-refractivity contribution in [2.75, 3.05) is 26.5 Å². The number of nitrogens with two attached hydrogens (primary N) is 1. The third-order valence-corrected chi connectivity index (χ3v) is 3.07. The van der Waals surface area contributed by atoms with E-state index in [1.54, 1.807) is 25.3 Å². The molecule has 0 aliphatic carbocycles. The summed E-state index contributed by atoms with van der Waals surface area (Å²) < 4.78 is 9.59. The number of carbonyl (C=O) groups is 2. The van der Waals surface area contributed by atoms with Gasteiger partial charge in [0, 0.05) is 24.7 Å². The second-order valence-corrected chi connectivity index (χ2v) is 4.60. The Morgan fingerprint density at radius 2 is 1.95 bits per heavy atom. The number of esters is 1. The van der Waals surface area contributed by atoms with Gasteiger partial charge in [-0.1, -0.05) is 6.42 Å². The van der Waals surface area contributed by atoms with Crippen LogP contribution in [0.1, 0.15) is 36.0 Å². The zero-order valence-electron chi connectivity index (χ0n) is 12.5. The SMILES string of the molecule is COC(=O)CCCCCNC(=O)c1ccc(OC)cc1N. The molecule has 1 amide bonds. The summed E-state index contributed by atoms with van der Waals surface area (Å²) in [5.41, 5.74) is 6.63. The Morgan fingerprint density at radius 3 is 2.57 bits per heavy atom. The van der Waals surface area contributed by atoms with Crippen molar-refractivity contribution in [1.82, 2.24) is 5.32 Å². The van der Waals surface area contributed by atoms with Crippen LogP contribution in [0.4, 0.5) is 5.69 Å². The molecular formula is C15H22N2O4. The summed E-state index contributed by atoms with van der Waals surface area (Å²) in [6.07, 6.45) is 2.83. The number of unbranched alkanes of at least 4 members (excludes halogenated alkanes) is 2. The molecule has 0 unspecified atom stereocenters. The van der Waals surface area contributed by atoms with Gasteiger partial charge < -0.3 is 20.5 Å². The van der Waals surface area contributed by atoms with Gasteiger partial charge in [-0.3, -0.25) is 9.59 Å². The third-order valence-electron chi connectivity index (χ3n) is 3.07. The zero-order valence-corrected chi connectivity index (χ0v) is 12.5. The topological polar surface area (TPSA) is 90.6 Å². The number of rotatable bonds is 8. The number of amides is 1. The first-order valence-electron chi connectivity index (χ1n) is 6.87. The van der Waals surface area contributed by atoms with Gasteiger partial charge in [-0.15, -0.1) is 0 Å². The largest absolute Gasteiger partial charge is 0.497 e. The van der Waals surface area contributed by atoms with Crippen molar-refractivity contribution >= 4 is 17.6 Å². The summed E-state index contributed by atoms with van der Waals surface area (Å²) in [4.78, 5) is 22.9. The van der Waals surface area contributed by atoms with Gasteiger partial charge >= 0.3 is 5.97 Å². The molecule has 0 radical (unpaired) electrons. The molecule has 0 saturated heterocycles. The highest BCUT2D eigenvalue weighted by Gasteiger charge is 2.09. The molecule has 1 aromatic rings. The molecular weight excluding hydrogens is 272 g/mol. The van der Waals surface area contributed by atoms with Crippen LogP contribution in [0.15, 0.2) is 18.2 Å². The van der Waals surface area contributed by atoms with Gasteiger partial charge in [-0.25, -0.2) is 0 Å². The Morgan fingerprint density at radius 1 is 1.19 bits per heavy atom. The third kappa shape index (κ3) is 5.72. The molecule has 21 heavy (non-hydrogen) atoms. The van der Waals surface area contributed by atoms with E-state index in [0.29, 0.717) is 30.0 Å². The lowest BCUT2D eigenvalue weighted by atomic mass is 10.1. The standard InChI is InChI=1S/C15H22N2O4/c1-20-11-7-8-12(13(16)10-11)15(19)17-9-5-3-4-6-14(18)21-2/h7-8,10H,3-6,9,16H2,1-2H3,(H,17,19). The summed E-state index contributed by atoms with van der Waals surface area (Å²) in [5.74, 6) is 0.208. The van der Waals surface area contributed by atoms with E-state index in [9.17, 15) is 9.59 Å². The Hall–Kier alpha value is -2.24. The number of methoxy groups -OCH3 is 2. The number of ether oxygens (including phenoxy) is 2. The minimum Gasteiger partial charge on any atom is -0.497 e. The molecule has 0 saturated carbocycles. The average Bonchev–Trinajstić information content (AvgIpc) is 2.49. The van der Waals surface area contributed by atoms with Gasteiger partial charge in [0.05, 0.1) is 19.8 Å². The first-order chi connectivity index (χ1) is 10.1. The van der Waals surface area contributed by atoms with Gasteiger partial charge in [0.1, 0.15) is 5.75 Å². The fraction of sp³-hybridized carbons (Fsp3) is 0.467. The minimum atomic E-state index is -0.205. The van der Waals surface area contributed by atoms with Crippen LogP contribution >= 0.6 is 0 Å². The highest BCUT2D eigenvalue weighted by molar-refractivity contribution is 5.99. The number of anilines is 1. The van der Waals surface area contributed by atoms with E-state index in [4.69, 9.17) is 10.5 Å². The summed E-state index contributed by atoms with van der Waals surface area (Å²) in [6, 6.07) is 4.95. The van der Waals surface area contributed by atoms with E-state index in [-0.39, 0.29) is 11.9 Å². The number of nitrogen functional groups attached to an aromatic ring is 1. The molecule has 0 heterocycles. The minimum absolute atomic E-state index is 0.204. The Labute approximate surface area is 124 Å². The highest BCUT2D eigenvalue weighted by atomic mass is 16.5. The zero-order chi connectivity index (χ0) is 15.7. The molecule has 0 spiro atoms. The molecule has 0 aliphatic heterocycles. The molecule has 0 aromatic heterocycles. The average molecular weight is 294 g/mol. The molecule has 6 nitrogen and oxygen atoms in total. The highest BCUT2D eigenvalue weighted by Crippen LogP contribution is 2.19. The second kappa shape index (κ2) is 8.84. The number of nitrogens with one attached hydrogen (secondary N) is 1. The first kappa shape index (κ1) is 16.8. The van der Waals surface area contributed by atoms with Crippen molar-refractivity contribution < 1.29 is 19.1 Å². The van der Waals surface area contributed by atoms with Gasteiger partial charge in [0.2, 0.25) is 0 Å². The molecule has 0 fully saturated rings. The van der Waals surface area contributed by atoms with Crippen molar-refractivity contribution in [3.8, 4) is 5.75 Å².